The standard InChI is InChI=1S/C40H32N2/c1-27(2)26-28-16-18-29(19-17-28)30-20-22-32(23-21-30)41-37-15-9-7-13-35(37)39-38(41)25-24-34-33-12-6-8-14-36(33)42(40(34)39)31-10-4-3-5-11-31/h3-25,27H,26H2,1-2H3. The molecule has 6 aromatic carbocycles. The molecule has 0 amide bonds. The molecule has 2 aromatic heterocycles. The van der Waals surface area contributed by atoms with Gasteiger partial charge in [0.05, 0.1) is 22.1 Å². The zero-order valence-electron chi connectivity index (χ0n) is 24.0. The van der Waals surface area contributed by atoms with Crippen LogP contribution in [-0.4, -0.2) is 9.13 Å². The molecule has 0 aliphatic carbocycles. The molecule has 0 aliphatic rings. The molecule has 2 nitrogen and oxygen atoms in total. The van der Waals surface area contributed by atoms with Crippen LogP contribution in [0.2, 0.25) is 0 Å². The van der Waals surface area contributed by atoms with Crippen molar-refractivity contribution < 1.29 is 0 Å². The molecule has 0 aliphatic heterocycles. The van der Waals surface area contributed by atoms with E-state index in [1.54, 1.807) is 0 Å². The SMILES string of the molecule is CC(C)Cc1ccc(-c2ccc(-n3c4ccccc4c4c3ccc3c5ccccc5n(-c5ccccc5)c34)cc2)cc1. The lowest BCUT2D eigenvalue weighted by molar-refractivity contribution is 0.647. The summed E-state index contributed by atoms with van der Waals surface area (Å²) >= 11 is 0. The summed E-state index contributed by atoms with van der Waals surface area (Å²) in [4.78, 5) is 0. The molecular weight excluding hydrogens is 508 g/mol. The van der Waals surface area contributed by atoms with E-state index in [4.69, 9.17) is 0 Å². The zero-order valence-corrected chi connectivity index (χ0v) is 24.0. The quantitative estimate of drug-likeness (QED) is 0.205. The lowest BCUT2D eigenvalue weighted by Crippen LogP contribution is -1.95. The first-order valence-electron chi connectivity index (χ1n) is 14.9. The van der Waals surface area contributed by atoms with Gasteiger partial charge in [-0.15, -0.1) is 0 Å². The van der Waals surface area contributed by atoms with E-state index in [0.717, 1.165) is 6.42 Å². The summed E-state index contributed by atoms with van der Waals surface area (Å²) in [6, 6.07) is 51.0. The molecule has 202 valence electrons. The monoisotopic (exact) mass is 540 g/mol. The first kappa shape index (κ1) is 24.7. The van der Waals surface area contributed by atoms with Gasteiger partial charge in [-0.2, -0.15) is 0 Å². The van der Waals surface area contributed by atoms with E-state index in [-0.39, 0.29) is 0 Å². The van der Waals surface area contributed by atoms with Gasteiger partial charge in [-0.25, -0.2) is 0 Å². The smallest absolute Gasteiger partial charge is 0.0641 e. The number of nitrogens with zero attached hydrogens (tertiary/aromatic N) is 2. The van der Waals surface area contributed by atoms with Crippen molar-refractivity contribution in [1.82, 2.24) is 9.13 Å². The molecule has 2 heteroatoms. The maximum Gasteiger partial charge on any atom is 0.0641 e. The van der Waals surface area contributed by atoms with Gasteiger partial charge in [0.1, 0.15) is 0 Å². The molecule has 42 heavy (non-hydrogen) atoms. The first-order valence-corrected chi connectivity index (χ1v) is 14.9. The van der Waals surface area contributed by atoms with Crippen molar-refractivity contribution in [3.8, 4) is 22.5 Å². The Hall–Kier alpha value is -5.08. The topological polar surface area (TPSA) is 9.86 Å². The number of para-hydroxylation sites is 3. The number of hydrogen-bond acceptors (Lipinski definition) is 0. The molecule has 0 spiro atoms. The zero-order chi connectivity index (χ0) is 28.2. The summed E-state index contributed by atoms with van der Waals surface area (Å²) in [5, 5.41) is 5.11. The van der Waals surface area contributed by atoms with Crippen LogP contribution in [0.1, 0.15) is 19.4 Å². The molecule has 2 heterocycles. The maximum absolute atomic E-state index is 2.44. The molecule has 0 unspecified atom stereocenters. The third kappa shape index (κ3) is 3.87. The average Bonchev–Trinajstić information content (AvgIpc) is 3.55. The Bertz CT molecular complexity index is 2210. The minimum Gasteiger partial charge on any atom is -0.309 e. The molecular formula is C40H32N2. The van der Waals surface area contributed by atoms with Crippen molar-refractivity contribution >= 4 is 43.6 Å². The van der Waals surface area contributed by atoms with Crippen LogP contribution < -0.4 is 0 Å². The number of rotatable bonds is 5. The normalized spacial score (nSPS) is 11.9. The summed E-state index contributed by atoms with van der Waals surface area (Å²) in [6.45, 7) is 4.54. The van der Waals surface area contributed by atoms with Gasteiger partial charge in [0.15, 0.2) is 0 Å². The Morgan fingerprint density at radius 1 is 0.452 bits per heavy atom. The lowest BCUT2D eigenvalue weighted by atomic mass is 9.99. The Kier molecular flexibility index (Phi) is 5.75. The van der Waals surface area contributed by atoms with Crippen LogP contribution in [0.25, 0.3) is 66.1 Å². The van der Waals surface area contributed by atoms with Gasteiger partial charge in [-0.05, 0) is 71.5 Å². The Labute approximate surface area is 246 Å². The molecule has 0 atom stereocenters. The number of hydrogen-bond donors (Lipinski definition) is 0. The molecule has 0 saturated heterocycles. The van der Waals surface area contributed by atoms with E-state index in [9.17, 15) is 0 Å². The number of aromatic nitrogens is 2. The van der Waals surface area contributed by atoms with Gasteiger partial charge in [-0.3, -0.25) is 0 Å². The third-order valence-corrected chi connectivity index (χ3v) is 8.54. The summed E-state index contributed by atoms with van der Waals surface area (Å²) in [5.41, 5.74) is 11.2. The van der Waals surface area contributed by atoms with Crippen molar-refractivity contribution in [2.24, 2.45) is 5.92 Å². The summed E-state index contributed by atoms with van der Waals surface area (Å²) in [6.07, 6.45) is 1.11. The van der Waals surface area contributed by atoms with E-state index in [1.807, 2.05) is 0 Å². The van der Waals surface area contributed by atoms with Crippen molar-refractivity contribution in [2.45, 2.75) is 20.3 Å². The van der Waals surface area contributed by atoms with Crippen LogP contribution >= 0.6 is 0 Å². The molecule has 0 radical (unpaired) electrons. The molecule has 8 rings (SSSR count). The highest BCUT2D eigenvalue weighted by Gasteiger charge is 2.20. The minimum atomic E-state index is 0.663. The van der Waals surface area contributed by atoms with Crippen LogP contribution in [0.5, 0.6) is 0 Å². The van der Waals surface area contributed by atoms with Crippen LogP contribution in [0.4, 0.5) is 0 Å². The summed E-state index contributed by atoms with van der Waals surface area (Å²) < 4.78 is 4.86. The second kappa shape index (κ2) is 9.78. The van der Waals surface area contributed by atoms with Crippen LogP contribution in [0, 0.1) is 5.92 Å². The van der Waals surface area contributed by atoms with Crippen molar-refractivity contribution in [2.75, 3.05) is 0 Å². The largest absolute Gasteiger partial charge is 0.309 e. The average molecular weight is 541 g/mol. The fraction of sp³-hybridized carbons (Fsp3) is 0.100. The second-order valence-electron chi connectivity index (χ2n) is 11.7. The second-order valence-corrected chi connectivity index (χ2v) is 11.7. The van der Waals surface area contributed by atoms with E-state index in [1.165, 1.54) is 71.7 Å². The number of fused-ring (bicyclic) bond motifs is 7. The lowest BCUT2D eigenvalue weighted by Gasteiger charge is -2.11. The van der Waals surface area contributed by atoms with Gasteiger partial charge in [0.2, 0.25) is 0 Å². The predicted octanol–water partition coefficient (Wildman–Crippen LogP) is 10.7. The molecule has 0 fully saturated rings. The summed E-state index contributed by atoms with van der Waals surface area (Å²) in [5.74, 6) is 0.663. The Morgan fingerprint density at radius 3 is 1.71 bits per heavy atom. The van der Waals surface area contributed by atoms with E-state index >= 15 is 0 Å². The van der Waals surface area contributed by atoms with Crippen molar-refractivity contribution in [3.05, 3.63) is 145 Å². The molecule has 0 bridgehead atoms. The van der Waals surface area contributed by atoms with E-state index in [0.29, 0.717) is 5.92 Å². The summed E-state index contributed by atoms with van der Waals surface area (Å²) in [7, 11) is 0. The third-order valence-electron chi connectivity index (χ3n) is 8.54. The highest BCUT2D eigenvalue weighted by molar-refractivity contribution is 6.26. The maximum atomic E-state index is 2.44. The minimum absolute atomic E-state index is 0.663. The van der Waals surface area contributed by atoms with Gasteiger partial charge in [0, 0.05) is 32.9 Å². The van der Waals surface area contributed by atoms with Gasteiger partial charge in [-0.1, -0.05) is 111 Å². The van der Waals surface area contributed by atoms with Crippen molar-refractivity contribution in [1.29, 1.82) is 0 Å². The van der Waals surface area contributed by atoms with Gasteiger partial charge >= 0.3 is 0 Å². The number of benzene rings is 6. The van der Waals surface area contributed by atoms with E-state index < -0.39 is 0 Å². The predicted molar refractivity (Wildman–Crippen MR) is 179 cm³/mol. The van der Waals surface area contributed by atoms with Crippen LogP contribution in [0.3, 0.4) is 0 Å². The molecule has 0 saturated carbocycles. The Morgan fingerprint density at radius 2 is 1.02 bits per heavy atom. The van der Waals surface area contributed by atoms with Gasteiger partial charge < -0.3 is 9.13 Å². The van der Waals surface area contributed by atoms with Crippen molar-refractivity contribution in [3.63, 3.8) is 0 Å². The fourth-order valence-electron chi connectivity index (χ4n) is 6.74. The highest BCUT2D eigenvalue weighted by Crippen LogP contribution is 2.42. The fourth-order valence-corrected chi connectivity index (χ4v) is 6.74. The first-order chi connectivity index (χ1) is 20.7. The molecule has 0 N–H and O–H groups in total. The van der Waals surface area contributed by atoms with Gasteiger partial charge in [0.25, 0.3) is 0 Å². The Balaban J connectivity index is 1.35. The van der Waals surface area contributed by atoms with Crippen LogP contribution in [0.15, 0.2) is 140 Å². The highest BCUT2D eigenvalue weighted by atomic mass is 15.0. The molecule has 8 aromatic rings. The van der Waals surface area contributed by atoms with E-state index in [2.05, 4.69) is 163 Å². The van der Waals surface area contributed by atoms with Crippen LogP contribution in [-0.2, 0) is 6.42 Å².